The molecule has 0 bridgehead atoms. The first-order chi connectivity index (χ1) is 8.63. The van der Waals surface area contributed by atoms with Gasteiger partial charge in [-0.3, -0.25) is 9.59 Å². The molecule has 5 heteroatoms. The number of hydrogen-bond acceptors (Lipinski definition) is 4. The van der Waals surface area contributed by atoms with E-state index in [1.165, 1.54) is 0 Å². The molecule has 5 nitrogen and oxygen atoms in total. The average molecular weight is 251 g/mol. The van der Waals surface area contributed by atoms with Gasteiger partial charge in [-0.2, -0.15) is 0 Å². The topological polar surface area (TPSA) is 75.6 Å². The monoisotopic (exact) mass is 251 g/mol. The zero-order valence-electron chi connectivity index (χ0n) is 10.3. The number of aliphatic carboxylic acids is 1. The molecular weight excluding hydrogens is 234 g/mol. The Bertz CT molecular complexity index is 391. The van der Waals surface area contributed by atoms with Crippen molar-refractivity contribution in [3.05, 3.63) is 35.9 Å². The molecule has 0 aliphatic rings. The fourth-order valence-electron chi connectivity index (χ4n) is 1.46. The van der Waals surface area contributed by atoms with Crippen LogP contribution in [0.15, 0.2) is 30.3 Å². The first-order valence-electron chi connectivity index (χ1n) is 5.73. The number of carbonyl (C=O) groups excluding carboxylic acids is 1. The van der Waals surface area contributed by atoms with E-state index in [1.807, 2.05) is 30.3 Å². The summed E-state index contributed by atoms with van der Waals surface area (Å²) in [4.78, 5) is 22.1. The number of nitrogens with one attached hydrogen (secondary N) is 1. The maximum absolute atomic E-state index is 11.4. The molecule has 0 aromatic heterocycles. The van der Waals surface area contributed by atoms with Gasteiger partial charge in [0.05, 0.1) is 0 Å². The number of esters is 1. The highest BCUT2D eigenvalue weighted by Crippen LogP contribution is 2.04. The number of hydrogen-bond donors (Lipinski definition) is 2. The number of benzene rings is 1. The van der Waals surface area contributed by atoms with Crippen molar-refractivity contribution in [2.24, 2.45) is 0 Å². The van der Waals surface area contributed by atoms with Crippen molar-refractivity contribution >= 4 is 11.9 Å². The van der Waals surface area contributed by atoms with Crippen LogP contribution in [0.3, 0.4) is 0 Å². The summed E-state index contributed by atoms with van der Waals surface area (Å²) in [5.41, 5.74) is 0.911. The highest BCUT2D eigenvalue weighted by molar-refractivity contribution is 5.75. The van der Waals surface area contributed by atoms with Gasteiger partial charge in [0.25, 0.3) is 0 Å². The summed E-state index contributed by atoms with van der Waals surface area (Å²) < 4.78 is 5.04. The Morgan fingerprint density at radius 3 is 2.56 bits per heavy atom. The lowest BCUT2D eigenvalue weighted by Gasteiger charge is -2.10. The molecule has 1 unspecified atom stereocenters. The number of carboxylic acid groups (broad SMARTS) is 1. The molecule has 0 saturated carbocycles. The summed E-state index contributed by atoms with van der Waals surface area (Å²) in [6, 6.07) is 8.63. The lowest BCUT2D eigenvalue weighted by atomic mass is 10.1. The minimum atomic E-state index is -0.964. The van der Waals surface area contributed by atoms with Crippen molar-refractivity contribution in [1.82, 2.24) is 5.32 Å². The van der Waals surface area contributed by atoms with Crippen LogP contribution in [0.25, 0.3) is 0 Å². The Morgan fingerprint density at radius 1 is 1.33 bits per heavy atom. The maximum Gasteiger partial charge on any atom is 0.320 e. The highest BCUT2D eigenvalue weighted by Gasteiger charge is 2.16. The van der Waals surface area contributed by atoms with Crippen LogP contribution in [0.1, 0.15) is 18.4 Å². The van der Waals surface area contributed by atoms with E-state index in [-0.39, 0.29) is 25.4 Å². The van der Waals surface area contributed by atoms with Gasteiger partial charge in [0, 0.05) is 6.42 Å². The number of likely N-dealkylation sites (N-methyl/N-ethyl adjacent to an activating group) is 1. The molecule has 0 amide bonds. The van der Waals surface area contributed by atoms with E-state index in [2.05, 4.69) is 5.32 Å². The second kappa shape index (κ2) is 7.45. The first-order valence-corrected chi connectivity index (χ1v) is 5.73. The maximum atomic E-state index is 11.4. The van der Waals surface area contributed by atoms with Gasteiger partial charge in [0.15, 0.2) is 0 Å². The molecule has 1 aromatic carbocycles. The molecule has 0 heterocycles. The fourth-order valence-corrected chi connectivity index (χ4v) is 1.46. The highest BCUT2D eigenvalue weighted by atomic mass is 16.5. The molecule has 0 aliphatic carbocycles. The van der Waals surface area contributed by atoms with Crippen molar-refractivity contribution in [2.75, 3.05) is 7.05 Å². The number of ether oxygens (including phenoxy) is 1. The Labute approximate surface area is 106 Å². The van der Waals surface area contributed by atoms with E-state index in [1.54, 1.807) is 7.05 Å². The summed E-state index contributed by atoms with van der Waals surface area (Å²) in [5, 5.41) is 11.4. The first kappa shape index (κ1) is 14.2. The van der Waals surface area contributed by atoms with Crippen molar-refractivity contribution < 1.29 is 19.4 Å². The van der Waals surface area contributed by atoms with Crippen LogP contribution in [0.5, 0.6) is 0 Å². The van der Waals surface area contributed by atoms with E-state index >= 15 is 0 Å². The van der Waals surface area contributed by atoms with E-state index < -0.39 is 12.0 Å². The van der Waals surface area contributed by atoms with Crippen molar-refractivity contribution in [3.8, 4) is 0 Å². The SMILES string of the molecule is CNC(CCC(=O)OCc1ccccc1)C(=O)O. The summed E-state index contributed by atoms with van der Waals surface area (Å²) in [7, 11) is 1.55. The van der Waals surface area contributed by atoms with E-state index in [0.29, 0.717) is 0 Å². The standard InChI is InChI=1S/C13H17NO4/c1-14-11(13(16)17)7-8-12(15)18-9-10-5-3-2-4-6-10/h2-6,11,14H,7-9H2,1H3,(H,16,17). The van der Waals surface area contributed by atoms with Gasteiger partial charge in [0.1, 0.15) is 12.6 Å². The quantitative estimate of drug-likeness (QED) is 0.712. The minimum Gasteiger partial charge on any atom is -0.480 e. The lowest BCUT2D eigenvalue weighted by molar-refractivity contribution is -0.145. The molecule has 0 saturated heterocycles. The third-order valence-corrected chi connectivity index (χ3v) is 2.53. The second-order valence-electron chi connectivity index (χ2n) is 3.86. The molecular formula is C13H17NO4. The molecule has 0 aliphatic heterocycles. The van der Waals surface area contributed by atoms with Gasteiger partial charge < -0.3 is 15.2 Å². The number of rotatable bonds is 7. The molecule has 2 N–H and O–H groups in total. The second-order valence-corrected chi connectivity index (χ2v) is 3.86. The fraction of sp³-hybridized carbons (Fsp3) is 0.385. The summed E-state index contributed by atoms with van der Waals surface area (Å²) >= 11 is 0. The van der Waals surface area contributed by atoms with Crippen LogP contribution in [0.4, 0.5) is 0 Å². The molecule has 0 spiro atoms. The van der Waals surface area contributed by atoms with Gasteiger partial charge in [-0.1, -0.05) is 30.3 Å². The predicted octanol–water partition coefficient (Wildman–Crippen LogP) is 1.18. The molecule has 18 heavy (non-hydrogen) atoms. The van der Waals surface area contributed by atoms with Crippen LogP contribution in [-0.4, -0.2) is 30.1 Å². The number of carbonyl (C=O) groups is 2. The Balaban J connectivity index is 2.28. The largest absolute Gasteiger partial charge is 0.480 e. The summed E-state index contributed by atoms with van der Waals surface area (Å²) in [6.45, 7) is 0.219. The van der Waals surface area contributed by atoms with Crippen molar-refractivity contribution in [3.63, 3.8) is 0 Å². The molecule has 0 fully saturated rings. The average Bonchev–Trinajstić information content (AvgIpc) is 2.38. The Kier molecular flexibility index (Phi) is 5.87. The van der Waals surface area contributed by atoms with Crippen LogP contribution >= 0.6 is 0 Å². The Hall–Kier alpha value is -1.88. The van der Waals surface area contributed by atoms with Gasteiger partial charge in [0.2, 0.25) is 0 Å². The molecule has 0 radical (unpaired) electrons. The number of carboxylic acids is 1. The smallest absolute Gasteiger partial charge is 0.320 e. The zero-order chi connectivity index (χ0) is 13.4. The Morgan fingerprint density at radius 2 is 2.00 bits per heavy atom. The van der Waals surface area contributed by atoms with Gasteiger partial charge >= 0.3 is 11.9 Å². The predicted molar refractivity (Wildman–Crippen MR) is 66.0 cm³/mol. The third kappa shape index (κ3) is 4.97. The minimum absolute atomic E-state index is 0.0879. The van der Waals surface area contributed by atoms with Crippen LogP contribution in [-0.2, 0) is 20.9 Å². The third-order valence-electron chi connectivity index (χ3n) is 2.53. The molecule has 1 rings (SSSR count). The molecule has 1 aromatic rings. The van der Waals surface area contributed by atoms with Crippen molar-refractivity contribution in [2.45, 2.75) is 25.5 Å². The van der Waals surface area contributed by atoms with Gasteiger partial charge in [-0.15, -0.1) is 0 Å². The van der Waals surface area contributed by atoms with Crippen LogP contribution < -0.4 is 5.32 Å². The molecule has 98 valence electrons. The zero-order valence-corrected chi connectivity index (χ0v) is 10.3. The van der Waals surface area contributed by atoms with E-state index in [9.17, 15) is 9.59 Å². The normalized spacial score (nSPS) is 11.8. The lowest BCUT2D eigenvalue weighted by Crippen LogP contribution is -2.34. The van der Waals surface area contributed by atoms with E-state index in [4.69, 9.17) is 9.84 Å². The van der Waals surface area contributed by atoms with Gasteiger partial charge in [-0.05, 0) is 19.0 Å². The molecule has 1 atom stereocenters. The van der Waals surface area contributed by atoms with Crippen LogP contribution in [0.2, 0.25) is 0 Å². The van der Waals surface area contributed by atoms with E-state index in [0.717, 1.165) is 5.56 Å². The van der Waals surface area contributed by atoms with Gasteiger partial charge in [-0.25, -0.2) is 0 Å². The van der Waals surface area contributed by atoms with Crippen LogP contribution in [0, 0.1) is 0 Å². The summed E-state index contributed by atoms with van der Waals surface area (Å²) in [5.74, 6) is -1.35. The van der Waals surface area contributed by atoms with Crippen molar-refractivity contribution in [1.29, 1.82) is 0 Å². The summed E-state index contributed by atoms with van der Waals surface area (Å²) in [6.07, 6.45) is 0.310.